The maximum atomic E-state index is 11.0. The first-order valence-electron chi connectivity index (χ1n) is 9.25. The molecular weight excluding hydrogens is 336 g/mol. The third-order valence-corrected chi connectivity index (χ3v) is 5.13. The van der Waals surface area contributed by atoms with Crippen LogP contribution in [0.15, 0.2) is 72.8 Å². The molecule has 0 bridgehead atoms. The Hall–Kier alpha value is -3.27. The molecule has 0 aliphatic carbocycles. The zero-order valence-electron chi connectivity index (χ0n) is 15.2. The first-order chi connectivity index (χ1) is 13.2. The van der Waals surface area contributed by atoms with E-state index < -0.39 is 0 Å². The number of hydrogen-bond donors (Lipinski definition) is 0. The molecule has 134 valence electrons. The van der Waals surface area contributed by atoms with Crippen LogP contribution in [0.1, 0.15) is 36.8 Å². The molecule has 27 heavy (non-hydrogen) atoms. The van der Waals surface area contributed by atoms with Crippen LogP contribution in [0.25, 0.3) is 21.8 Å². The van der Waals surface area contributed by atoms with Crippen LogP contribution in [0, 0.1) is 10.1 Å². The molecule has 1 unspecified atom stereocenters. The van der Waals surface area contributed by atoms with Gasteiger partial charge >= 0.3 is 0 Å². The molecule has 1 N–H and O–H groups in total. The monoisotopic (exact) mass is 357 g/mol. The summed E-state index contributed by atoms with van der Waals surface area (Å²) in [5.74, 6) is 0.203. The molecule has 1 aromatic heterocycles. The second-order valence-electron chi connectivity index (χ2n) is 6.85. The number of nitrogens with one attached hydrogen (secondary N) is 1. The number of aromatic nitrogens is 1. The number of non-ortho nitro benzene ring substituents is 1. The lowest BCUT2D eigenvalue weighted by atomic mass is 9.85. The third-order valence-electron chi connectivity index (χ3n) is 5.13. The van der Waals surface area contributed by atoms with Crippen molar-refractivity contribution in [2.24, 2.45) is 0 Å². The van der Waals surface area contributed by atoms with Gasteiger partial charge in [0, 0.05) is 35.6 Å². The minimum atomic E-state index is -0.350. The van der Waals surface area contributed by atoms with Gasteiger partial charge in [0.25, 0.3) is 5.69 Å². The zero-order valence-corrected chi connectivity index (χ0v) is 15.2. The largest absolute Gasteiger partial charge is 0.269 e. The van der Waals surface area contributed by atoms with E-state index in [9.17, 15) is 10.1 Å². The standard InChI is InChI=1S/C23H20N2O2/c1-2-6-19(16-11-13-18(14-12-16)25(26)27)20-8-5-10-23-21(20)15-17-7-3-4-9-22(17)24-23/h3-5,7-15,19H,2,6H2,1H3/p+1. The fourth-order valence-corrected chi connectivity index (χ4v) is 3.81. The molecule has 0 spiro atoms. The van der Waals surface area contributed by atoms with Crippen molar-refractivity contribution in [3.8, 4) is 0 Å². The second kappa shape index (κ2) is 7.16. The maximum absolute atomic E-state index is 11.0. The first kappa shape index (κ1) is 17.2. The summed E-state index contributed by atoms with van der Waals surface area (Å²) >= 11 is 0. The number of para-hydroxylation sites is 1. The quantitative estimate of drug-likeness (QED) is 0.263. The normalized spacial score (nSPS) is 12.3. The summed E-state index contributed by atoms with van der Waals surface area (Å²) in [6.07, 6.45) is 2.03. The molecule has 4 aromatic rings. The fourth-order valence-electron chi connectivity index (χ4n) is 3.81. The number of nitrogens with zero attached hydrogens (tertiary/aromatic N) is 1. The van der Waals surface area contributed by atoms with Crippen molar-refractivity contribution in [1.29, 1.82) is 0 Å². The van der Waals surface area contributed by atoms with E-state index in [0.717, 1.165) is 29.4 Å². The highest BCUT2D eigenvalue weighted by Gasteiger charge is 2.19. The van der Waals surface area contributed by atoms with Crippen LogP contribution in [0.2, 0.25) is 0 Å². The van der Waals surface area contributed by atoms with E-state index in [0.29, 0.717) is 0 Å². The van der Waals surface area contributed by atoms with Crippen molar-refractivity contribution in [2.45, 2.75) is 25.7 Å². The Balaban J connectivity index is 1.88. The van der Waals surface area contributed by atoms with Gasteiger partial charge in [-0.2, -0.15) is 0 Å². The molecule has 0 saturated carbocycles. The average molecular weight is 357 g/mol. The smallest absolute Gasteiger partial charge is 0.258 e. The minimum Gasteiger partial charge on any atom is -0.258 e. The summed E-state index contributed by atoms with van der Waals surface area (Å²) in [5.41, 5.74) is 4.72. The van der Waals surface area contributed by atoms with Crippen molar-refractivity contribution in [3.63, 3.8) is 0 Å². The molecule has 0 saturated heterocycles. The van der Waals surface area contributed by atoms with Gasteiger partial charge in [0.05, 0.1) is 10.3 Å². The minimum absolute atomic E-state index is 0.131. The predicted molar refractivity (Wildman–Crippen MR) is 108 cm³/mol. The van der Waals surface area contributed by atoms with E-state index in [1.807, 2.05) is 24.3 Å². The van der Waals surface area contributed by atoms with Gasteiger partial charge in [-0.15, -0.1) is 0 Å². The molecule has 0 fully saturated rings. The number of fused-ring (bicyclic) bond motifs is 2. The van der Waals surface area contributed by atoms with Crippen LogP contribution in [-0.2, 0) is 0 Å². The van der Waals surface area contributed by atoms with Gasteiger partial charge < -0.3 is 0 Å². The Morgan fingerprint density at radius 1 is 0.963 bits per heavy atom. The average Bonchev–Trinajstić information content (AvgIpc) is 2.70. The van der Waals surface area contributed by atoms with Gasteiger partial charge in [0.15, 0.2) is 0 Å². The fraction of sp³-hybridized carbons (Fsp3) is 0.174. The Morgan fingerprint density at radius 2 is 1.70 bits per heavy atom. The van der Waals surface area contributed by atoms with E-state index >= 15 is 0 Å². The Bertz CT molecular complexity index is 1120. The van der Waals surface area contributed by atoms with Crippen LogP contribution in [0.3, 0.4) is 0 Å². The number of benzene rings is 3. The van der Waals surface area contributed by atoms with Crippen molar-refractivity contribution >= 4 is 27.5 Å². The summed E-state index contributed by atoms with van der Waals surface area (Å²) in [4.78, 5) is 14.2. The third kappa shape index (κ3) is 3.26. The van der Waals surface area contributed by atoms with Gasteiger partial charge in [0.1, 0.15) is 0 Å². The number of hydrogen-bond acceptors (Lipinski definition) is 2. The number of aromatic amines is 1. The molecule has 3 aromatic carbocycles. The first-order valence-corrected chi connectivity index (χ1v) is 9.25. The lowest BCUT2D eigenvalue weighted by molar-refractivity contribution is -0.384. The highest BCUT2D eigenvalue weighted by Crippen LogP contribution is 2.34. The molecular formula is C23H21N2O2+. The van der Waals surface area contributed by atoms with Crippen molar-refractivity contribution in [1.82, 2.24) is 0 Å². The van der Waals surface area contributed by atoms with Crippen molar-refractivity contribution in [3.05, 3.63) is 94.0 Å². The van der Waals surface area contributed by atoms with E-state index in [1.165, 1.54) is 16.3 Å². The highest BCUT2D eigenvalue weighted by molar-refractivity contribution is 5.90. The van der Waals surface area contributed by atoms with Gasteiger partial charge in [-0.05, 0) is 29.7 Å². The molecule has 0 aliphatic rings. The second-order valence-corrected chi connectivity index (χ2v) is 6.85. The summed E-state index contributed by atoms with van der Waals surface area (Å²) < 4.78 is 0. The van der Waals surface area contributed by atoms with E-state index in [2.05, 4.69) is 48.3 Å². The van der Waals surface area contributed by atoms with Crippen LogP contribution in [0.4, 0.5) is 5.69 Å². The number of nitro groups is 1. The maximum Gasteiger partial charge on any atom is 0.269 e. The Labute approximate surface area is 157 Å². The van der Waals surface area contributed by atoms with Gasteiger partial charge in [-0.25, -0.2) is 4.98 Å². The Morgan fingerprint density at radius 3 is 2.44 bits per heavy atom. The lowest BCUT2D eigenvalue weighted by Crippen LogP contribution is -2.08. The molecule has 4 heteroatoms. The van der Waals surface area contributed by atoms with Crippen molar-refractivity contribution in [2.75, 3.05) is 0 Å². The highest BCUT2D eigenvalue weighted by atomic mass is 16.6. The van der Waals surface area contributed by atoms with Crippen LogP contribution in [-0.4, -0.2) is 4.92 Å². The zero-order chi connectivity index (χ0) is 18.8. The van der Waals surface area contributed by atoms with Crippen LogP contribution >= 0.6 is 0 Å². The predicted octanol–water partition coefficient (Wildman–Crippen LogP) is 5.65. The number of H-pyrrole nitrogens is 1. The van der Waals surface area contributed by atoms with Crippen LogP contribution in [0.5, 0.6) is 0 Å². The van der Waals surface area contributed by atoms with E-state index in [4.69, 9.17) is 0 Å². The summed E-state index contributed by atoms with van der Waals surface area (Å²) in [7, 11) is 0. The van der Waals surface area contributed by atoms with Crippen LogP contribution < -0.4 is 4.98 Å². The van der Waals surface area contributed by atoms with Gasteiger partial charge in [-0.1, -0.05) is 49.7 Å². The van der Waals surface area contributed by atoms with E-state index in [-0.39, 0.29) is 16.5 Å². The number of rotatable bonds is 5. The number of pyridine rings is 1. The molecule has 0 radical (unpaired) electrons. The van der Waals surface area contributed by atoms with Crippen molar-refractivity contribution < 1.29 is 9.91 Å². The van der Waals surface area contributed by atoms with Gasteiger partial charge in [0.2, 0.25) is 11.0 Å². The molecule has 1 atom stereocenters. The summed E-state index contributed by atoms with van der Waals surface area (Å²) in [5, 5.41) is 13.4. The van der Waals surface area contributed by atoms with E-state index in [1.54, 1.807) is 12.1 Å². The molecule has 0 aliphatic heterocycles. The summed E-state index contributed by atoms with van der Waals surface area (Å²) in [6.45, 7) is 2.17. The van der Waals surface area contributed by atoms with Gasteiger partial charge in [-0.3, -0.25) is 10.1 Å². The SMILES string of the molecule is CCCC(c1ccc([N+](=O)[O-])cc1)c1cccc2[nH+]c3ccccc3cc12. The molecule has 0 amide bonds. The molecule has 4 nitrogen and oxygen atoms in total. The summed E-state index contributed by atoms with van der Waals surface area (Å²) in [6, 6.07) is 23.9. The topological polar surface area (TPSA) is 57.3 Å². The Kier molecular flexibility index (Phi) is 4.55. The number of nitro benzene ring substituents is 1. The molecule has 1 heterocycles. The lowest BCUT2D eigenvalue weighted by Gasteiger charge is -2.18. The molecule has 4 rings (SSSR count).